The number of methoxy groups -OCH3 is 1. The van der Waals surface area contributed by atoms with Gasteiger partial charge in [-0.25, -0.2) is 4.98 Å². The number of aromatic amines is 1. The molecule has 1 amide bonds. The average molecular weight is 564 g/mol. The van der Waals surface area contributed by atoms with Crippen LogP contribution in [0.4, 0.5) is 5.69 Å². The van der Waals surface area contributed by atoms with Gasteiger partial charge in [0.2, 0.25) is 0 Å². The van der Waals surface area contributed by atoms with Crippen molar-refractivity contribution >= 4 is 38.6 Å². The Morgan fingerprint density at radius 1 is 1.11 bits per heavy atom. The van der Waals surface area contributed by atoms with Crippen LogP contribution in [-0.2, 0) is 6.42 Å². The van der Waals surface area contributed by atoms with E-state index >= 15 is 0 Å². The minimum atomic E-state index is -0.199. The highest BCUT2D eigenvalue weighted by molar-refractivity contribution is 9.10. The predicted octanol–water partition coefficient (Wildman–Crippen LogP) is 4.75. The number of nitrogens with zero attached hydrogens (tertiary/aromatic N) is 3. The van der Waals surface area contributed by atoms with E-state index in [-0.39, 0.29) is 11.7 Å². The number of ether oxygens (including phenoxy) is 1. The number of rotatable bonds is 7. The van der Waals surface area contributed by atoms with Crippen LogP contribution in [0.2, 0.25) is 0 Å². The maximum absolute atomic E-state index is 12.9. The third-order valence-electron chi connectivity index (χ3n) is 6.80. The molecule has 0 spiro atoms. The zero-order valence-corrected chi connectivity index (χ0v) is 22.5. The van der Waals surface area contributed by atoms with Gasteiger partial charge in [-0.05, 0) is 77.4 Å². The fourth-order valence-corrected chi connectivity index (χ4v) is 4.91. The SMILES string of the molecule is COc1cc(Br)c(O)c(-c2nc3ccc(C(=O)Nc4ccc(CCN5CCN(C)CC5)cc4)cc3[nH]2)c1. The number of H-pyrrole nitrogens is 1. The van der Waals surface area contributed by atoms with Crippen molar-refractivity contribution in [3.63, 3.8) is 0 Å². The van der Waals surface area contributed by atoms with Gasteiger partial charge < -0.3 is 29.9 Å². The minimum absolute atomic E-state index is 0.0600. The number of nitrogens with one attached hydrogen (secondary N) is 2. The van der Waals surface area contributed by atoms with Crippen LogP contribution in [0, 0.1) is 0 Å². The summed E-state index contributed by atoms with van der Waals surface area (Å²) in [5.74, 6) is 0.933. The fourth-order valence-electron chi connectivity index (χ4n) is 4.47. The van der Waals surface area contributed by atoms with Crippen LogP contribution in [0.5, 0.6) is 11.5 Å². The van der Waals surface area contributed by atoms with Gasteiger partial charge in [-0.3, -0.25) is 4.79 Å². The maximum Gasteiger partial charge on any atom is 0.255 e. The van der Waals surface area contributed by atoms with Gasteiger partial charge in [0.05, 0.1) is 28.2 Å². The molecule has 1 fully saturated rings. The van der Waals surface area contributed by atoms with Gasteiger partial charge in [-0.2, -0.15) is 0 Å². The molecule has 0 saturated carbocycles. The maximum atomic E-state index is 12.9. The van der Waals surface area contributed by atoms with Crippen LogP contribution in [0.15, 0.2) is 59.1 Å². The predicted molar refractivity (Wildman–Crippen MR) is 149 cm³/mol. The Balaban J connectivity index is 1.25. The molecule has 1 aromatic heterocycles. The molecule has 2 heterocycles. The standard InChI is InChI=1S/C28H30BrN5O3/c1-33-11-13-34(14-12-33)10-9-18-3-6-20(7-4-18)30-28(36)19-5-8-24-25(15-19)32-27(31-24)22-16-21(37-2)17-23(29)26(22)35/h3-8,15-17,35H,9-14H2,1-2H3,(H,30,36)(H,31,32). The molecular formula is C28H30BrN5O3. The number of likely N-dealkylation sites (N-methyl/N-ethyl adjacent to an activating group) is 1. The van der Waals surface area contributed by atoms with Crippen LogP contribution in [0.3, 0.4) is 0 Å². The summed E-state index contributed by atoms with van der Waals surface area (Å²) in [5, 5.41) is 13.5. The molecule has 0 aliphatic carbocycles. The number of carbonyl (C=O) groups is 1. The van der Waals surface area contributed by atoms with E-state index in [9.17, 15) is 9.90 Å². The van der Waals surface area contributed by atoms with Gasteiger partial charge in [0.15, 0.2) is 0 Å². The molecule has 192 valence electrons. The quantitative estimate of drug-likeness (QED) is 0.300. The van der Waals surface area contributed by atoms with E-state index < -0.39 is 0 Å². The number of fused-ring (bicyclic) bond motifs is 1. The highest BCUT2D eigenvalue weighted by atomic mass is 79.9. The molecule has 1 saturated heterocycles. The van der Waals surface area contributed by atoms with Crippen molar-refractivity contribution in [2.24, 2.45) is 0 Å². The number of phenols is 1. The van der Waals surface area contributed by atoms with E-state index in [1.807, 2.05) is 12.1 Å². The van der Waals surface area contributed by atoms with Crippen LogP contribution in [-0.4, -0.2) is 77.7 Å². The van der Waals surface area contributed by atoms with Gasteiger partial charge in [-0.15, -0.1) is 0 Å². The molecule has 5 rings (SSSR count). The Labute approximate surface area is 224 Å². The van der Waals surface area contributed by atoms with E-state index in [1.165, 1.54) is 5.56 Å². The number of anilines is 1. The average Bonchev–Trinajstić information content (AvgIpc) is 3.34. The van der Waals surface area contributed by atoms with Gasteiger partial charge in [0.1, 0.15) is 17.3 Å². The first-order valence-corrected chi connectivity index (χ1v) is 13.1. The topological polar surface area (TPSA) is 93.7 Å². The molecule has 0 atom stereocenters. The fraction of sp³-hybridized carbons (Fsp3) is 0.286. The molecule has 3 aromatic carbocycles. The van der Waals surface area contributed by atoms with Crippen LogP contribution in [0.1, 0.15) is 15.9 Å². The third kappa shape index (κ3) is 5.79. The molecule has 1 aliphatic heterocycles. The minimum Gasteiger partial charge on any atom is -0.506 e. The van der Waals surface area contributed by atoms with Crippen molar-refractivity contribution in [3.05, 3.63) is 70.2 Å². The second kappa shape index (κ2) is 10.9. The Bertz CT molecular complexity index is 1410. The monoisotopic (exact) mass is 563 g/mol. The van der Waals surface area contributed by atoms with Crippen molar-refractivity contribution in [1.29, 1.82) is 0 Å². The number of benzene rings is 3. The molecule has 8 nitrogen and oxygen atoms in total. The molecule has 0 unspecified atom stereocenters. The smallest absolute Gasteiger partial charge is 0.255 e. The third-order valence-corrected chi connectivity index (χ3v) is 7.40. The molecule has 0 radical (unpaired) electrons. The Morgan fingerprint density at radius 2 is 1.86 bits per heavy atom. The summed E-state index contributed by atoms with van der Waals surface area (Å²) in [7, 11) is 3.73. The van der Waals surface area contributed by atoms with Gasteiger partial charge in [0, 0.05) is 44.0 Å². The lowest BCUT2D eigenvalue weighted by Gasteiger charge is -2.32. The number of hydrogen-bond acceptors (Lipinski definition) is 6. The largest absolute Gasteiger partial charge is 0.506 e. The second-order valence-corrected chi connectivity index (χ2v) is 10.2. The lowest BCUT2D eigenvalue weighted by molar-refractivity contribution is 0.102. The van der Waals surface area contributed by atoms with Gasteiger partial charge in [0.25, 0.3) is 5.91 Å². The number of imidazole rings is 1. The lowest BCUT2D eigenvalue weighted by atomic mass is 10.1. The number of phenolic OH excluding ortho intramolecular Hbond substituents is 1. The van der Waals surface area contributed by atoms with E-state index in [0.717, 1.165) is 44.8 Å². The summed E-state index contributed by atoms with van der Waals surface area (Å²) in [4.78, 5) is 25.6. The molecule has 0 bridgehead atoms. The number of aromatic nitrogens is 2. The Morgan fingerprint density at radius 3 is 2.59 bits per heavy atom. The number of amides is 1. The summed E-state index contributed by atoms with van der Waals surface area (Å²) in [6.45, 7) is 5.53. The normalized spacial score (nSPS) is 14.7. The number of halogens is 1. The van der Waals surface area contributed by atoms with Crippen molar-refractivity contribution in [3.8, 4) is 22.9 Å². The van der Waals surface area contributed by atoms with Gasteiger partial charge >= 0.3 is 0 Å². The summed E-state index contributed by atoms with van der Waals surface area (Å²) in [6.07, 6.45) is 0.996. The summed E-state index contributed by atoms with van der Waals surface area (Å²) >= 11 is 3.35. The highest BCUT2D eigenvalue weighted by Gasteiger charge is 2.16. The zero-order valence-electron chi connectivity index (χ0n) is 20.9. The molecule has 37 heavy (non-hydrogen) atoms. The van der Waals surface area contributed by atoms with Gasteiger partial charge in [-0.1, -0.05) is 12.1 Å². The highest BCUT2D eigenvalue weighted by Crippen LogP contribution is 2.38. The first-order chi connectivity index (χ1) is 17.9. The van der Waals surface area contributed by atoms with Crippen molar-refractivity contribution < 1.29 is 14.6 Å². The number of hydrogen-bond donors (Lipinski definition) is 3. The van der Waals surface area contributed by atoms with Crippen LogP contribution in [0.25, 0.3) is 22.4 Å². The van der Waals surface area contributed by atoms with E-state index in [1.54, 1.807) is 37.4 Å². The summed E-state index contributed by atoms with van der Waals surface area (Å²) in [6, 6.07) is 16.7. The zero-order chi connectivity index (χ0) is 25.9. The van der Waals surface area contributed by atoms with Crippen molar-refractivity contribution in [2.75, 3.05) is 52.2 Å². The van der Waals surface area contributed by atoms with Crippen LogP contribution < -0.4 is 10.1 Å². The second-order valence-electron chi connectivity index (χ2n) is 9.37. The molecule has 9 heteroatoms. The van der Waals surface area contributed by atoms with Crippen LogP contribution >= 0.6 is 15.9 Å². The first kappa shape index (κ1) is 25.3. The lowest BCUT2D eigenvalue weighted by Crippen LogP contribution is -2.45. The summed E-state index contributed by atoms with van der Waals surface area (Å²) < 4.78 is 5.81. The Hall–Kier alpha value is -3.40. The molecular weight excluding hydrogens is 534 g/mol. The van der Waals surface area contributed by atoms with Crippen molar-refractivity contribution in [2.45, 2.75) is 6.42 Å². The number of carbonyl (C=O) groups excluding carboxylic acids is 1. The first-order valence-electron chi connectivity index (χ1n) is 12.3. The molecule has 1 aliphatic rings. The molecule has 3 N–H and O–H groups in total. The Kier molecular flexibility index (Phi) is 7.45. The molecule has 4 aromatic rings. The number of piperazine rings is 1. The number of aromatic hydroxyl groups is 1. The van der Waals surface area contributed by atoms with E-state index in [2.05, 4.69) is 60.2 Å². The van der Waals surface area contributed by atoms with E-state index in [4.69, 9.17) is 4.74 Å². The summed E-state index contributed by atoms with van der Waals surface area (Å²) in [5.41, 5.74) is 4.41. The van der Waals surface area contributed by atoms with E-state index in [0.29, 0.717) is 38.2 Å². The van der Waals surface area contributed by atoms with Crippen molar-refractivity contribution in [1.82, 2.24) is 19.8 Å².